The zero-order valence-electron chi connectivity index (χ0n) is 41.0. The Kier molecular flexibility index (Phi) is 47.6. The molecule has 0 saturated carbocycles. The summed E-state index contributed by atoms with van der Waals surface area (Å²) >= 11 is 0. The summed E-state index contributed by atoms with van der Waals surface area (Å²) in [5, 5.41) is 23.8. The largest absolute Gasteiger partial charge is 0.462 e. The van der Waals surface area contributed by atoms with Gasteiger partial charge in [0.2, 0.25) is 5.91 Å². The van der Waals surface area contributed by atoms with Crippen molar-refractivity contribution >= 4 is 11.9 Å². The fourth-order valence-electron chi connectivity index (χ4n) is 7.76. The zero-order valence-corrected chi connectivity index (χ0v) is 41.0. The molecule has 3 unspecified atom stereocenters. The molecule has 360 valence electrons. The number of ether oxygens (including phenoxy) is 1. The number of hydrogen-bond acceptors (Lipinski definition) is 5. The van der Waals surface area contributed by atoms with Gasteiger partial charge in [0, 0.05) is 6.42 Å². The van der Waals surface area contributed by atoms with Gasteiger partial charge in [-0.1, -0.05) is 210 Å². The van der Waals surface area contributed by atoms with Crippen molar-refractivity contribution in [3.05, 3.63) is 60.8 Å². The van der Waals surface area contributed by atoms with Gasteiger partial charge < -0.3 is 20.3 Å². The van der Waals surface area contributed by atoms with Gasteiger partial charge in [-0.2, -0.15) is 0 Å². The second-order valence-corrected chi connectivity index (χ2v) is 17.9. The molecular formula is C56H101NO5. The number of unbranched alkanes of at least 4 members (excludes halogenated alkanes) is 25. The van der Waals surface area contributed by atoms with Crippen LogP contribution in [0, 0.1) is 0 Å². The van der Waals surface area contributed by atoms with E-state index in [4.69, 9.17) is 4.74 Å². The summed E-state index contributed by atoms with van der Waals surface area (Å²) < 4.78 is 5.90. The molecule has 0 bridgehead atoms. The Hall–Kier alpha value is -2.44. The fourth-order valence-corrected chi connectivity index (χ4v) is 7.76. The summed E-state index contributed by atoms with van der Waals surface area (Å²) in [5.74, 6) is -0.525. The van der Waals surface area contributed by atoms with Gasteiger partial charge in [-0.25, -0.2) is 0 Å². The maximum atomic E-state index is 13.2. The third-order valence-electron chi connectivity index (χ3n) is 11.8. The van der Waals surface area contributed by atoms with Crippen molar-refractivity contribution in [3.63, 3.8) is 0 Å². The van der Waals surface area contributed by atoms with E-state index in [0.29, 0.717) is 19.3 Å². The van der Waals surface area contributed by atoms with E-state index in [1.807, 2.05) is 0 Å². The zero-order chi connectivity index (χ0) is 45.2. The molecule has 0 aromatic heterocycles. The Morgan fingerprint density at radius 1 is 0.468 bits per heavy atom. The van der Waals surface area contributed by atoms with Gasteiger partial charge in [0.15, 0.2) is 0 Å². The van der Waals surface area contributed by atoms with Crippen molar-refractivity contribution in [1.29, 1.82) is 0 Å². The predicted octanol–water partition coefficient (Wildman–Crippen LogP) is 16.0. The molecule has 3 atom stereocenters. The summed E-state index contributed by atoms with van der Waals surface area (Å²) in [6, 6.07) is -0.713. The lowest BCUT2D eigenvalue weighted by atomic mass is 10.0. The molecule has 0 heterocycles. The molecule has 0 saturated heterocycles. The van der Waals surface area contributed by atoms with E-state index in [-0.39, 0.29) is 24.9 Å². The van der Waals surface area contributed by atoms with Crippen LogP contribution in [0.25, 0.3) is 0 Å². The Labute approximate surface area is 384 Å². The second kappa shape index (κ2) is 49.6. The molecule has 0 fully saturated rings. The van der Waals surface area contributed by atoms with Gasteiger partial charge in [-0.05, 0) is 96.3 Å². The minimum atomic E-state index is -0.798. The van der Waals surface area contributed by atoms with Gasteiger partial charge in [-0.15, -0.1) is 0 Å². The Morgan fingerprint density at radius 2 is 0.823 bits per heavy atom. The van der Waals surface area contributed by atoms with Gasteiger partial charge >= 0.3 is 5.97 Å². The minimum Gasteiger partial charge on any atom is -0.462 e. The van der Waals surface area contributed by atoms with Crippen molar-refractivity contribution in [2.24, 2.45) is 0 Å². The molecule has 0 rings (SSSR count). The number of rotatable bonds is 47. The van der Waals surface area contributed by atoms with Crippen molar-refractivity contribution < 1.29 is 24.5 Å². The first kappa shape index (κ1) is 59.6. The van der Waals surface area contributed by atoms with Crippen molar-refractivity contribution in [3.8, 4) is 0 Å². The average molecular weight is 868 g/mol. The molecule has 6 nitrogen and oxygen atoms in total. The smallest absolute Gasteiger partial charge is 0.306 e. The molecule has 3 N–H and O–H groups in total. The van der Waals surface area contributed by atoms with Gasteiger partial charge in [0.1, 0.15) is 6.10 Å². The van der Waals surface area contributed by atoms with Gasteiger partial charge in [0.05, 0.1) is 25.2 Å². The highest BCUT2D eigenvalue weighted by atomic mass is 16.5. The Balaban J connectivity index is 4.55. The highest BCUT2D eigenvalue weighted by Crippen LogP contribution is 2.17. The first-order valence-electron chi connectivity index (χ1n) is 26.5. The normalized spacial score (nSPS) is 13.7. The quantitative estimate of drug-likeness (QED) is 0.0322. The maximum Gasteiger partial charge on any atom is 0.306 e. The highest BCUT2D eigenvalue weighted by molar-refractivity contribution is 5.77. The predicted molar refractivity (Wildman–Crippen MR) is 268 cm³/mol. The lowest BCUT2D eigenvalue weighted by Crippen LogP contribution is -2.46. The Morgan fingerprint density at radius 3 is 1.29 bits per heavy atom. The van der Waals surface area contributed by atoms with Crippen LogP contribution in [0.4, 0.5) is 0 Å². The van der Waals surface area contributed by atoms with Crippen molar-refractivity contribution in [1.82, 2.24) is 5.32 Å². The number of hydrogen-bond donors (Lipinski definition) is 3. The molecule has 6 heteroatoms. The van der Waals surface area contributed by atoms with Gasteiger partial charge in [-0.3, -0.25) is 9.59 Å². The number of aliphatic hydroxyl groups is 2. The molecule has 0 aliphatic carbocycles. The topological polar surface area (TPSA) is 95.9 Å². The number of amides is 1. The first-order valence-corrected chi connectivity index (χ1v) is 26.5. The van der Waals surface area contributed by atoms with Crippen LogP contribution in [0.2, 0.25) is 0 Å². The highest BCUT2D eigenvalue weighted by Gasteiger charge is 2.24. The monoisotopic (exact) mass is 868 g/mol. The number of carbonyl (C=O) groups excluding carboxylic acids is 2. The van der Waals surface area contributed by atoms with E-state index in [2.05, 4.69) is 86.8 Å². The van der Waals surface area contributed by atoms with E-state index >= 15 is 0 Å². The third kappa shape index (κ3) is 44.2. The molecule has 1 amide bonds. The maximum absolute atomic E-state index is 13.2. The standard InChI is InChI=1S/C56H101NO5/c1-4-7-10-13-16-19-22-24-26-27-28-29-30-32-34-37-40-43-46-49-56(61)62-52(47-44-41-38-35-21-18-15-12-9-6-3)50-55(60)57-53(51-58)54(59)48-45-42-39-36-33-31-25-23-20-17-14-11-8-5-2/h16,18-19,21,24,26,28-29,32,34,52-54,58-59H,4-15,17,20,22-23,25,27,30-31,33,35-51H2,1-3H3,(H,57,60)/b19-16-,21-18-,26-24-,29-28-,34-32-. The molecule has 0 aliphatic heterocycles. The molecule has 0 radical (unpaired) electrons. The molecule has 62 heavy (non-hydrogen) atoms. The van der Waals surface area contributed by atoms with Crippen LogP contribution < -0.4 is 5.32 Å². The summed E-state index contributed by atoms with van der Waals surface area (Å²) in [6.45, 7) is 6.42. The fraction of sp³-hybridized carbons (Fsp3) is 0.786. The number of esters is 1. The molecule has 0 spiro atoms. The number of nitrogens with one attached hydrogen (secondary N) is 1. The average Bonchev–Trinajstić information content (AvgIpc) is 3.26. The van der Waals surface area contributed by atoms with Gasteiger partial charge in [0.25, 0.3) is 0 Å². The first-order chi connectivity index (χ1) is 30.5. The van der Waals surface area contributed by atoms with E-state index in [1.165, 1.54) is 116 Å². The SMILES string of the molecule is CCCCC/C=C\C/C=C\C/C=C\C/C=C\CCCCCC(=O)OC(CCCCC/C=C\CCCCC)CC(=O)NC(CO)C(O)CCCCCCCCCCCCCCCC. The summed E-state index contributed by atoms with van der Waals surface area (Å²) in [4.78, 5) is 26.1. The van der Waals surface area contributed by atoms with E-state index < -0.39 is 18.2 Å². The molecular weight excluding hydrogens is 767 g/mol. The van der Waals surface area contributed by atoms with Crippen LogP contribution in [0.1, 0.15) is 258 Å². The lowest BCUT2D eigenvalue weighted by molar-refractivity contribution is -0.151. The van der Waals surface area contributed by atoms with Crippen molar-refractivity contribution in [2.75, 3.05) is 6.61 Å². The summed E-state index contributed by atoms with van der Waals surface area (Å²) in [6.07, 6.45) is 61.4. The molecule has 0 aliphatic rings. The number of allylic oxidation sites excluding steroid dienone is 10. The molecule has 0 aromatic rings. The van der Waals surface area contributed by atoms with Crippen LogP contribution in [0.3, 0.4) is 0 Å². The molecule has 0 aromatic carbocycles. The van der Waals surface area contributed by atoms with Crippen LogP contribution in [0.15, 0.2) is 60.8 Å². The minimum absolute atomic E-state index is 0.0528. The van der Waals surface area contributed by atoms with Crippen LogP contribution >= 0.6 is 0 Å². The van der Waals surface area contributed by atoms with Crippen LogP contribution in [-0.2, 0) is 14.3 Å². The lowest BCUT2D eigenvalue weighted by Gasteiger charge is -2.24. The second-order valence-electron chi connectivity index (χ2n) is 17.9. The number of carbonyl (C=O) groups is 2. The number of aliphatic hydroxyl groups excluding tert-OH is 2. The summed E-state index contributed by atoms with van der Waals surface area (Å²) in [5.41, 5.74) is 0. The third-order valence-corrected chi connectivity index (χ3v) is 11.8. The van der Waals surface area contributed by atoms with Crippen LogP contribution in [-0.4, -0.2) is 46.9 Å². The van der Waals surface area contributed by atoms with E-state index in [1.54, 1.807) is 0 Å². The Bertz CT molecular complexity index is 1110. The van der Waals surface area contributed by atoms with Crippen molar-refractivity contribution in [2.45, 2.75) is 277 Å². The van der Waals surface area contributed by atoms with E-state index in [0.717, 1.165) is 96.3 Å². The summed E-state index contributed by atoms with van der Waals surface area (Å²) in [7, 11) is 0. The van der Waals surface area contributed by atoms with Crippen LogP contribution in [0.5, 0.6) is 0 Å². The van der Waals surface area contributed by atoms with E-state index in [9.17, 15) is 19.8 Å².